The van der Waals surface area contributed by atoms with Gasteiger partial charge in [-0.2, -0.15) is 0 Å². The second kappa shape index (κ2) is 27.4. The lowest BCUT2D eigenvalue weighted by Crippen LogP contribution is -2.30. The van der Waals surface area contributed by atoms with Gasteiger partial charge in [0.15, 0.2) is 0 Å². The molecule has 0 fully saturated rings. The van der Waals surface area contributed by atoms with E-state index >= 15 is 0 Å². The summed E-state index contributed by atoms with van der Waals surface area (Å²) in [4.78, 5) is 32.1. The van der Waals surface area contributed by atoms with E-state index in [1.807, 2.05) is 59.7 Å². The van der Waals surface area contributed by atoms with Crippen LogP contribution in [-0.4, -0.2) is 42.6 Å². The van der Waals surface area contributed by atoms with E-state index in [4.69, 9.17) is 0 Å². The third kappa shape index (κ3) is 41.9. The summed E-state index contributed by atoms with van der Waals surface area (Å²) in [5.74, 6) is 0.862. The van der Waals surface area contributed by atoms with Gasteiger partial charge in [0.25, 0.3) is 5.91 Å². The molecule has 0 heterocycles. The highest BCUT2D eigenvalue weighted by atomic mass is 16.5. The molecule has 3 amide bonds. The lowest BCUT2D eigenvalue weighted by Gasteiger charge is -2.07. The van der Waals surface area contributed by atoms with E-state index in [1.54, 1.807) is 12.1 Å². The van der Waals surface area contributed by atoms with Gasteiger partial charge in [-0.15, -0.1) is 0 Å². The zero-order chi connectivity index (χ0) is 26.4. The first-order valence-corrected chi connectivity index (χ1v) is 11.4. The van der Waals surface area contributed by atoms with Crippen molar-refractivity contribution in [2.75, 3.05) is 6.61 Å². The second-order valence-electron chi connectivity index (χ2n) is 8.77. The first kappa shape index (κ1) is 42.3. The van der Waals surface area contributed by atoms with Crippen molar-refractivity contribution in [1.29, 1.82) is 0 Å². The van der Waals surface area contributed by atoms with Gasteiger partial charge in [-0.05, 0) is 59.6 Å². The number of amides is 3. The van der Waals surface area contributed by atoms with Crippen LogP contribution in [0.5, 0.6) is 0 Å². The Balaban J connectivity index is -0.000000119. The molecule has 0 aromatic heterocycles. The van der Waals surface area contributed by atoms with E-state index in [1.165, 1.54) is 13.0 Å². The molecule has 7 nitrogen and oxygen atoms in total. The molecule has 0 radical (unpaired) electrons. The molecule has 0 unspecified atom stereocenters. The molecule has 1 aromatic rings. The van der Waals surface area contributed by atoms with Crippen LogP contribution in [-0.2, 0) is 9.53 Å². The molecule has 3 N–H and O–H groups in total. The summed E-state index contributed by atoms with van der Waals surface area (Å²) < 4.78 is 4.63. The third-order valence-electron chi connectivity index (χ3n) is 2.69. The van der Waals surface area contributed by atoms with Gasteiger partial charge in [-0.25, -0.2) is 4.79 Å². The van der Waals surface area contributed by atoms with Crippen LogP contribution in [0, 0.1) is 5.92 Å². The number of alkyl carbamates (subject to hydrolysis) is 1. The van der Waals surface area contributed by atoms with Gasteiger partial charge in [-0.1, -0.05) is 66.5 Å². The summed E-state index contributed by atoms with van der Waals surface area (Å²) in [6, 6.07) is 9.80. The zero-order valence-electron chi connectivity index (χ0n) is 22.3. The number of nitrogens with one attached hydrogen (secondary N) is 3. The van der Waals surface area contributed by atoms with Gasteiger partial charge in [-0.3, -0.25) is 9.59 Å². The van der Waals surface area contributed by atoms with Gasteiger partial charge in [0.2, 0.25) is 5.91 Å². The smallest absolute Gasteiger partial charge is 0.407 e. The number of hydrogen-bond acceptors (Lipinski definition) is 4. The number of rotatable bonds is 6. The normalized spacial score (nSPS) is 8.86. The monoisotopic (exact) mass is 497 g/mol. The second-order valence-corrected chi connectivity index (χ2v) is 8.77. The van der Waals surface area contributed by atoms with Crippen molar-refractivity contribution in [2.24, 2.45) is 5.92 Å². The minimum Gasteiger partial charge on any atom is -0.445 e. The Kier molecular flexibility index (Phi) is 33.2. The van der Waals surface area contributed by atoms with Crippen molar-refractivity contribution in [1.82, 2.24) is 16.0 Å². The molecule has 0 atom stereocenters. The summed E-state index contributed by atoms with van der Waals surface area (Å²) >= 11 is 0. The number of carbonyl (C=O) groups excluding carboxylic acids is 3. The van der Waals surface area contributed by atoms with Crippen molar-refractivity contribution in [2.45, 2.75) is 102 Å². The average Bonchev–Trinajstić information content (AvgIpc) is 2.65. The fourth-order valence-corrected chi connectivity index (χ4v) is 1.75. The lowest BCUT2D eigenvalue weighted by atomic mass is 10.2. The molecule has 0 spiro atoms. The molecule has 0 aliphatic heterocycles. The zero-order valence-corrected chi connectivity index (χ0v) is 22.3. The van der Waals surface area contributed by atoms with Crippen LogP contribution in [0.3, 0.4) is 0 Å². The van der Waals surface area contributed by atoms with Crippen LogP contribution < -0.4 is 16.0 Å². The van der Waals surface area contributed by atoms with Gasteiger partial charge in [0.1, 0.15) is 6.61 Å². The van der Waals surface area contributed by atoms with Crippen molar-refractivity contribution < 1.29 is 19.1 Å². The van der Waals surface area contributed by atoms with E-state index in [-0.39, 0.29) is 51.4 Å². The third-order valence-corrected chi connectivity index (χ3v) is 2.69. The van der Waals surface area contributed by atoms with Crippen LogP contribution in [0.2, 0.25) is 0 Å². The topological polar surface area (TPSA) is 96.5 Å². The highest BCUT2D eigenvalue weighted by Gasteiger charge is 2.04. The quantitative estimate of drug-likeness (QED) is 0.386. The first-order valence-electron chi connectivity index (χ1n) is 11.4. The van der Waals surface area contributed by atoms with Gasteiger partial charge < -0.3 is 20.7 Å². The number of ether oxygens (including phenoxy) is 1. The molecule has 35 heavy (non-hydrogen) atoms. The lowest BCUT2D eigenvalue weighted by molar-refractivity contribution is -0.119. The molecule has 1 rings (SSSR count). The Labute approximate surface area is 216 Å². The Morgan fingerprint density at radius 3 is 1.49 bits per heavy atom. The molecule has 0 aliphatic rings. The van der Waals surface area contributed by atoms with Gasteiger partial charge in [0.05, 0.1) is 0 Å². The summed E-state index contributed by atoms with van der Waals surface area (Å²) in [6.07, 6.45) is 1.13. The van der Waals surface area contributed by atoms with Crippen LogP contribution in [0.1, 0.15) is 94.4 Å². The minimum atomic E-state index is -0.394. The molecular weight excluding hydrogens is 442 g/mol. The molecule has 0 bridgehead atoms. The maximum Gasteiger partial charge on any atom is 0.407 e. The highest BCUT2D eigenvalue weighted by Crippen LogP contribution is 1.98. The number of benzene rings is 1. The van der Waals surface area contributed by atoms with Crippen molar-refractivity contribution in [3.8, 4) is 0 Å². The standard InChI is InChI=1S/C10H13NO.C7H13NO2.C5H11NO.C4H10.2CH4/c1-8(2)11-10(12)9-6-4-3-5-7-9;1-4-5-10-7(9)8-6(2)3;1-4(2)6-5(3)7;1-4(2)3;;/h3-8H,1-2H3,(H,11,12);4,6H,1,5H2,2-3H3,(H,8,9);4H,1-3H3,(H,6,7);4H,1-3H3;2*1H4. The molecular formula is C28H55N3O4. The number of carbonyl (C=O) groups is 3. The molecule has 7 heteroatoms. The van der Waals surface area contributed by atoms with Crippen LogP contribution in [0.25, 0.3) is 0 Å². The highest BCUT2D eigenvalue weighted by molar-refractivity contribution is 5.94. The fourth-order valence-electron chi connectivity index (χ4n) is 1.75. The summed E-state index contributed by atoms with van der Waals surface area (Å²) in [5.41, 5.74) is 0.714. The summed E-state index contributed by atoms with van der Waals surface area (Å²) in [6.45, 7) is 23.2. The molecule has 0 saturated carbocycles. The molecule has 0 saturated heterocycles. The van der Waals surface area contributed by atoms with E-state index in [2.05, 4.69) is 48.0 Å². The minimum absolute atomic E-state index is 0. The van der Waals surface area contributed by atoms with Crippen LogP contribution in [0.15, 0.2) is 43.0 Å². The predicted molar refractivity (Wildman–Crippen MR) is 152 cm³/mol. The Bertz CT molecular complexity index is 640. The van der Waals surface area contributed by atoms with E-state index in [0.717, 1.165) is 5.92 Å². The van der Waals surface area contributed by atoms with Gasteiger partial charge in [0, 0.05) is 30.6 Å². The number of hydrogen-bond donors (Lipinski definition) is 3. The largest absolute Gasteiger partial charge is 0.445 e. The van der Waals surface area contributed by atoms with E-state index in [9.17, 15) is 14.4 Å². The Morgan fingerprint density at radius 1 is 0.800 bits per heavy atom. The summed E-state index contributed by atoms with van der Waals surface area (Å²) in [5, 5.41) is 8.06. The maximum atomic E-state index is 11.3. The van der Waals surface area contributed by atoms with Crippen LogP contribution in [0.4, 0.5) is 4.79 Å². The SMILES string of the molecule is C.C.C=CCOC(=O)NC(C)C.CC(=O)NC(C)C.CC(C)C.CC(C)NC(=O)c1ccccc1. The van der Waals surface area contributed by atoms with E-state index in [0.29, 0.717) is 5.56 Å². The Hall–Kier alpha value is -2.83. The Morgan fingerprint density at radius 2 is 1.20 bits per heavy atom. The van der Waals surface area contributed by atoms with Crippen LogP contribution >= 0.6 is 0 Å². The van der Waals surface area contributed by atoms with Crippen molar-refractivity contribution >= 4 is 17.9 Å². The van der Waals surface area contributed by atoms with Crippen molar-refractivity contribution in [3.05, 3.63) is 48.6 Å². The average molecular weight is 498 g/mol. The summed E-state index contributed by atoms with van der Waals surface area (Å²) in [7, 11) is 0. The molecule has 206 valence electrons. The first-order chi connectivity index (χ1) is 15.2. The molecule has 1 aromatic carbocycles. The maximum absolute atomic E-state index is 11.3. The van der Waals surface area contributed by atoms with E-state index < -0.39 is 6.09 Å². The predicted octanol–water partition coefficient (Wildman–Crippen LogP) is 6.60. The fraction of sp³-hybridized carbons (Fsp3) is 0.607. The molecule has 0 aliphatic carbocycles. The van der Waals surface area contributed by atoms with Gasteiger partial charge >= 0.3 is 6.09 Å². The van der Waals surface area contributed by atoms with Crippen molar-refractivity contribution in [3.63, 3.8) is 0 Å².